The molecule has 0 bridgehead atoms. The van der Waals surface area contributed by atoms with Crippen molar-refractivity contribution in [2.45, 2.75) is 127 Å². The SMILES string of the molecule is CCCC(NC(=O)C1CCCN1C(=O)CNC(C)CCCCCCc1cccc2c1CN(C(=O)O)C2)C(=O)NSC1CC1. The number of nitrogens with one attached hydrogen (secondary N) is 3. The van der Waals surface area contributed by atoms with Crippen LogP contribution in [0.1, 0.15) is 101 Å². The molecular formula is C32H49N5O5S. The molecule has 1 saturated heterocycles. The van der Waals surface area contributed by atoms with Crippen LogP contribution in [0.25, 0.3) is 0 Å². The second-order valence-corrected chi connectivity index (χ2v) is 13.4. The molecular weight excluding hydrogens is 566 g/mol. The standard InChI is InChI=1S/C32H49N5O5S/c1-3-10-27(30(39)35-43-25-16-17-25)34-31(40)28-15-9-18-37(28)29(38)19-33-22(2)11-6-4-5-7-12-23-13-8-14-24-20-36(32(41)42)21-26(23)24/h8,13-14,22,25,27-28,33H,3-7,9-12,15-21H2,1-2H3,(H,34,40)(H,35,39)(H,41,42). The Hall–Kier alpha value is -2.79. The first-order valence-electron chi connectivity index (χ1n) is 16.1. The van der Waals surface area contributed by atoms with Crippen LogP contribution in [0.2, 0.25) is 0 Å². The van der Waals surface area contributed by atoms with Crippen LogP contribution in [-0.2, 0) is 33.9 Å². The highest BCUT2D eigenvalue weighted by molar-refractivity contribution is 7.98. The Morgan fingerprint density at radius 3 is 2.58 bits per heavy atom. The van der Waals surface area contributed by atoms with Crippen LogP contribution < -0.4 is 15.4 Å². The van der Waals surface area contributed by atoms with Gasteiger partial charge in [0.2, 0.25) is 11.8 Å². The number of amides is 4. The highest BCUT2D eigenvalue weighted by Crippen LogP contribution is 2.32. The van der Waals surface area contributed by atoms with E-state index in [1.807, 2.05) is 19.1 Å². The van der Waals surface area contributed by atoms with Crippen LogP contribution in [-0.4, -0.2) is 75.2 Å². The van der Waals surface area contributed by atoms with Gasteiger partial charge < -0.3 is 20.6 Å². The molecule has 4 rings (SSSR count). The van der Waals surface area contributed by atoms with Crippen molar-refractivity contribution in [1.82, 2.24) is 25.2 Å². The first-order valence-corrected chi connectivity index (χ1v) is 17.0. The first-order chi connectivity index (χ1) is 20.8. The molecule has 0 spiro atoms. The first kappa shape index (κ1) is 33.1. The number of carboxylic acid groups (broad SMARTS) is 1. The van der Waals surface area contributed by atoms with Gasteiger partial charge in [-0.15, -0.1) is 0 Å². The summed E-state index contributed by atoms with van der Waals surface area (Å²) in [6.07, 6.45) is 10.4. The summed E-state index contributed by atoms with van der Waals surface area (Å²) < 4.78 is 2.89. The molecule has 4 N–H and O–H groups in total. The van der Waals surface area contributed by atoms with Crippen LogP contribution in [0.3, 0.4) is 0 Å². The van der Waals surface area contributed by atoms with Gasteiger partial charge in [-0.1, -0.05) is 50.8 Å². The molecule has 10 nitrogen and oxygen atoms in total. The maximum absolute atomic E-state index is 13.1. The minimum Gasteiger partial charge on any atom is -0.465 e. The maximum Gasteiger partial charge on any atom is 0.407 e. The highest BCUT2D eigenvalue weighted by Gasteiger charge is 2.36. The van der Waals surface area contributed by atoms with Gasteiger partial charge in [-0.3, -0.25) is 24.0 Å². The summed E-state index contributed by atoms with van der Waals surface area (Å²) in [7, 11) is 0. The van der Waals surface area contributed by atoms with Crippen LogP contribution in [0.15, 0.2) is 18.2 Å². The lowest BCUT2D eigenvalue weighted by molar-refractivity contribution is -0.138. The summed E-state index contributed by atoms with van der Waals surface area (Å²) in [5.74, 6) is -0.458. The zero-order chi connectivity index (χ0) is 30.8. The quantitative estimate of drug-likeness (QED) is 0.151. The molecule has 2 heterocycles. The third kappa shape index (κ3) is 9.86. The van der Waals surface area contributed by atoms with Gasteiger partial charge in [-0.25, -0.2) is 4.79 Å². The summed E-state index contributed by atoms with van der Waals surface area (Å²) in [4.78, 5) is 53.3. The van der Waals surface area contributed by atoms with Crippen LogP contribution >= 0.6 is 11.9 Å². The Bertz CT molecular complexity index is 1130. The Labute approximate surface area is 260 Å². The molecule has 3 aliphatic rings. The van der Waals surface area contributed by atoms with Crippen molar-refractivity contribution in [3.63, 3.8) is 0 Å². The van der Waals surface area contributed by atoms with E-state index in [-0.39, 0.29) is 30.3 Å². The van der Waals surface area contributed by atoms with Gasteiger partial charge in [0.25, 0.3) is 5.91 Å². The Morgan fingerprint density at radius 2 is 1.84 bits per heavy atom. The van der Waals surface area contributed by atoms with Crippen LogP contribution in [0, 0.1) is 0 Å². The van der Waals surface area contributed by atoms with Gasteiger partial charge in [0.05, 0.1) is 6.54 Å². The number of carbonyl (C=O) groups is 4. The van der Waals surface area contributed by atoms with Crippen molar-refractivity contribution in [1.29, 1.82) is 0 Å². The van der Waals surface area contributed by atoms with Gasteiger partial charge >= 0.3 is 6.09 Å². The lowest BCUT2D eigenvalue weighted by Gasteiger charge is -2.27. The van der Waals surface area contributed by atoms with Gasteiger partial charge in [-0.2, -0.15) is 0 Å². The summed E-state index contributed by atoms with van der Waals surface area (Å²) in [6, 6.07) is 5.28. The number of benzene rings is 1. The van der Waals surface area contributed by atoms with E-state index in [4.69, 9.17) is 0 Å². The normalized spacial score (nSPS) is 19.2. The Kier molecular flexibility index (Phi) is 12.6. The fourth-order valence-corrected chi connectivity index (χ4v) is 6.80. The largest absolute Gasteiger partial charge is 0.465 e. The molecule has 1 aromatic rings. The minimum atomic E-state index is -0.864. The van der Waals surface area contributed by atoms with E-state index in [9.17, 15) is 24.3 Å². The number of hydrogen-bond acceptors (Lipinski definition) is 6. The zero-order valence-electron chi connectivity index (χ0n) is 25.7. The molecule has 1 saturated carbocycles. The van der Waals surface area contributed by atoms with E-state index in [1.54, 1.807) is 4.90 Å². The number of unbranched alkanes of at least 4 members (excludes halogenated alkanes) is 3. The van der Waals surface area contributed by atoms with Crippen molar-refractivity contribution in [3.8, 4) is 0 Å². The monoisotopic (exact) mass is 615 g/mol. The predicted molar refractivity (Wildman–Crippen MR) is 168 cm³/mol. The van der Waals surface area contributed by atoms with Gasteiger partial charge in [0.1, 0.15) is 12.1 Å². The van der Waals surface area contributed by atoms with Crippen LogP contribution in [0.5, 0.6) is 0 Å². The molecule has 43 heavy (non-hydrogen) atoms. The minimum absolute atomic E-state index is 0.0675. The number of nitrogens with zero attached hydrogens (tertiary/aromatic N) is 2. The third-order valence-electron chi connectivity index (χ3n) is 8.72. The molecule has 1 aromatic carbocycles. The second-order valence-electron chi connectivity index (χ2n) is 12.3. The Morgan fingerprint density at radius 1 is 1.05 bits per heavy atom. The molecule has 2 fully saturated rings. The molecule has 3 atom stereocenters. The van der Waals surface area contributed by atoms with Gasteiger partial charge in [0.15, 0.2) is 0 Å². The molecule has 11 heteroatoms. The summed E-state index contributed by atoms with van der Waals surface area (Å²) >= 11 is 1.45. The predicted octanol–water partition coefficient (Wildman–Crippen LogP) is 4.35. The summed E-state index contributed by atoms with van der Waals surface area (Å²) in [6.45, 7) is 5.82. The van der Waals surface area contributed by atoms with Crippen molar-refractivity contribution < 1.29 is 24.3 Å². The lowest BCUT2D eigenvalue weighted by Crippen LogP contribution is -2.53. The number of likely N-dealkylation sites (tertiary alicyclic amines) is 1. The second kappa shape index (κ2) is 16.3. The fourth-order valence-electron chi connectivity index (χ4n) is 6.01. The fraction of sp³-hybridized carbons (Fsp3) is 0.688. The van der Waals surface area contributed by atoms with E-state index in [1.165, 1.54) is 28.0 Å². The molecule has 2 aliphatic heterocycles. The van der Waals surface area contributed by atoms with Gasteiger partial charge in [0, 0.05) is 30.9 Å². The van der Waals surface area contributed by atoms with Crippen molar-refractivity contribution >= 4 is 35.8 Å². The topological polar surface area (TPSA) is 131 Å². The van der Waals surface area contributed by atoms with Crippen molar-refractivity contribution in [3.05, 3.63) is 34.9 Å². The number of rotatable bonds is 17. The molecule has 1 aliphatic carbocycles. The van der Waals surface area contributed by atoms with Crippen LogP contribution in [0.4, 0.5) is 4.79 Å². The van der Waals surface area contributed by atoms with Crippen molar-refractivity contribution in [2.75, 3.05) is 13.1 Å². The maximum atomic E-state index is 13.1. The summed E-state index contributed by atoms with van der Waals surface area (Å²) in [5, 5.41) is 16.1. The summed E-state index contributed by atoms with van der Waals surface area (Å²) in [5.41, 5.74) is 3.57. The van der Waals surface area contributed by atoms with E-state index < -0.39 is 18.2 Å². The third-order valence-corrected chi connectivity index (χ3v) is 9.85. The molecule has 238 valence electrons. The number of fused-ring (bicyclic) bond motifs is 1. The smallest absolute Gasteiger partial charge is 0.407 e. The zero-order valence-corrected chi connectivity index (χ0v) is 26.6. The Balaban J connectivity index is 1.11. The average molecular weight is 616 g/mol. The molecule has 4 amide bonds. The van der Waals surface area contributed by atoms with E-state index in [0.717, 1.165) is 69.8 Å². The van der Waals surface area contributed by atoms with Gasteiger partial charge in [-0.05, 0) is 86.9 Å². The molecule has 0 radical (unpaired) electrons. The van der Waals surface area contributed by atoms with E-state index in [0.29, 0.717) is 37.7 Å². The lowest BCUT2D eigenvalue weighted by atomic mass is 9.98. The number of aryl methyl sites for hydroxylation is 1. The van der Waals surface area contributed by atoms with Crippen molar-refractivity contribution in [2.24, 2.45) is 0 Å². The van der Waals surface area contributed by atoms with E-state index in [2.05, 4.69) is 28.3 Å². The van der Waals surface area contributed by atoms with E-state index >= 15 is 0 Å². The number of carbonyl (C=O) groups excluding carboxylic acids is 3. The number of hydrogen-bond donors (Lipinski definition) is 4. The molecule has 3 unspecified atom stereocenters. The molecule has 0 aromatic heterocycles. The average Bonchev–Trinajstić information content (AvgIpc) is 3.48. The highest BCUT2D eigenvalue weighted by atomic mass is 32.2.